The number of nitrogens with one attached hydrogen (secondary N) is 2. The van der Waals surface area contributed by atoms with Gasteiger partial charge >= 0.3 is 6.09 Å². The smallest absolute Gasteiger partial charge is 0.411 e. The number of anilines is 1. The van der Waals surface area contributed by atoms with E-state index >= 15 is 0 Å². The van der Waals surface area contributed by atoms with Crippen LogP contribution < -0.4 is 10.6 Å². The molecule has 6 heteroatoms. The number of rotatable bonds is 4. The molecule has 2 N–H and O–H groups in total. The minimum atomic E-state index is -0.463. The van der Waals surface area contributed by atoms with Crippen molar-refractivity contribution >= 4 is 17.7 Å². The number of aliphatic imine (C=N–C) groups is 1. The van der Waals surface area contributed by atoms with Crippen LogP contribution in [0.4, 0.5) is 10.5 Å². The summed E-state index contributed by atoms with van der Waals surface area (Å²) in [5.41, 5.74) is 1.82. The van der Waals surface area contributed by atoms with Crippen LogP contribution in [-0.2, 0) is 11.3 Å². The third kappa shape index (κ3) is 5.44. The molecule has 0 spiro atoms. The van der Waals surface area contributed by atoms with Crippen LogP contribution >= 0.6 is 0 Å². The van der Waals surface area contributed by atoms with Crippen LogP contribution in [0.15, 0.2) is 29.3 Å². The van der Waals surface area contributed by atoms with E-state index in [1.165, 1.54) is 20.0 Å². The topological polar surface area (TPSA) is 66.0 Å². The first-order valence-electron chi connectivity index (χ1n) is 8.59. The zero-order valence-corrected chi connectivity index (χ0v) is 14.8. The lowest BCUT2D eigenvalue weighted by Gasteiger charge is -2.33. The van der Waals surface area contributed by atoms with Gasteiger partial charge in [0.15, 0.2) is 5.96 Å². The Labute approximate surface area is 144 Å². The van der Waals surface area contributed by atoms with Crippen molar-refractivity contribution in [3.05, 3.63) is 29.8 Å². The third-order valence-corrected chi connectivity index (χ3v) is 4.22. The van der Waals surface area contributed by atoms with Gasteiger partial charge in [-0.1, -0.05) is 19.1 Å². The van der Waals surface area contributed by atoms with E-state index in [1.54, 1.807) is 0 Å². The van der Waals surface area contributed by atoms with Crippen LogP contribution in [0.1, 0.15) is 32.3 Å². The molecule has 1 saturated heterocycles. The van der Waals surface area contributed by atoms with Crippen LogP contribution in [0, 0.1) is 5.92 Å². The molecule has 1 amide bonds. The van der Waals surface area contributed by atoms with Crippen LogP contribution in [0.3, 0.4) is 0 Å². The zero-order valence-electron chi connectivity index (χ0n) is 14.8. The van der Waals surface area contributed by atoms with Crippen molar-refractivity contribution in [1.29, 1.82) is 0 Å². The molecule has 1 fully saturated rings. The number of hydrogen-bond acceptors (Lipinski definition) is 3. The van der Waals surface area contributed by atoms with E-state index in [0.29, 0.717) is 12.2 Å². The predicted octanol–water partition coefficient (Wildman–Crippen LogP) is 3.06. The van der Waals surface area contributed by atoms with Gasteiger partial charge in [0.1, 0.15) is 0 Å². The number of likely N-dealkylation sites (tertiary alicyclic amines) is 1. The fourth-order valence-electron chi connectivity index (χ4n) is 2.67. The molecule has 0 atom stereocenters. The Morgan fingerprint density at radius 2 is 1.96 bits per heavy atom. The van der Waals surface area contributed by atoms with Gasteiger partial charge in [0.05, 0.1) is 13.7 Å². The molecule has 2 rings (SSSR count). The second-order valence-electron chi connectivity index (χ2n) is 6.15. The zero-order chi connectivity index (χ0) is 17.4. The summed E-state index contributed by atoms with van der Waals surface area (Å²) in [5.74, 6) is 1.79. The van der Waals surface area contributed by atoms with Gasteiger partial charge in [-0.15, -0.1) is 0 Å². The summed E-state index contributed by atoms with van der Waals surface area (Å²) < 4.78 is 4.58. The molecule has 6 nitrogen and oxygen atoms in total. The van der Waals surface area contributed by atoms with Crippen molar-refractivity contribution in [3.8, 4) is 0 Å². The maximum absolute atomic E-state index is 11.2. The van der Waals surface area contributed by atoms with Crippen LogP contribution in [0.25, 0.3) is 0 Å². The van der Waals surface area contributed by atoms with Gasteiger partial charge in [0.2, 0.25) is 0 Å². The van der Waals surface area contributed by atoms with E-state index in [0.717, 1.165) is 37.1 Å². The molecule has 1 aromatic rings. The highest BCUT2D eigenvalue weighted by Gasteiger charge is 2.18. The van der Waals surface area contributed by atoms with Gasteiger partial charge in [-0.25, -0.2) is 9.79 Å². The number of benzene rings is 1. The molecular weight excluding hydrogens is 304 g/mol. The highest BCUT2D eigenvalue weighted by atomic mass is 16.5. The molecule has 1 aromatic carbocycles. The number of guanidine groups is 1. The molecule has 0 saturated carbocycles. The van der Waals surface area contributed by atoms with E-state index in [4.69, 9.17) is 4.99 Å². The number of amides is 1. The lowest BCUT2D eigenvalue weighted by molar-refractivity contribution is 0.187. The maximum Gasteiger partial charge on any atom is 0.411 e. The highest BCUT2D eigenvalue weighted by Crippen LogP contribution is 2.16. The first-order valence-corrected chi connectivity index (χ1v) is 8.59. The second-order valence-corrected chi connectivity index (χ2v) is 6.15. The average Bonchev–Trinajstić information content (AvgIpc) is 2.60. The normalized spacial score (nSPS) is 16.0. The van der Waals surface area contributed by atoms with Crippen molar-refractivity contribution in [2.24, 2.45) is 10.9 Å². The number of ether oxygens (including phenoxy) is 1. The van der Waals surface area contributed by atoms with Crippen molar-refractivity contribution in [3.63, 3.8) is 0 Å². The van der Waals surface area contributed by atoms with E-state index in [2.05, 4.69) is 34.1 Å². The highest BCUT2D eigenvalue weighted by molar-refractivity contribution is 5.84. The molecule has 0 aromatic heterocycles. The largest absolute Gasteiger partial charge is 0.453 e. The number of nitrogens with zero attached hydrogens (tertiary/aromatic N) is 2. The van der Waals surface area contributed by atoms with Gasteiger partial charge in [-0.2, -0.15) is 0 Å². The monoisotopic (exact) mass is 332 g/mol. The van der Waals surface area contributed by atoms with Crippen LogP contribution in [0.2, 0.25) is 0 Å². The Morgan fingerprint density at radius 1 is 1.29 bits per heavy atom. The number of methoxy groups -OCH3 is 1. The molecule has 0 unspecified atom stereocenters. The Kier molecular flexibility index (Phi) is 6.90. The minimum absolute atomic E-state index is 0.463. The van der Waals surface area contributed by atoms with Gasteiger partial charge in [0, 0.05) is 25.3 Å². The van der Waals surface area contributed by atoms with Gasteiger partial charge < -0.3 is 15.0 Å². The number of carbonyl (C=O) groups excluding carboxylic acids is 1. The molecule has 1 aliphatic heterocycles. The molecule has 0 aliphatic carbocycles. The standard InChI is InChI=1S/C18H28N4O2/c1-4-19-17(22-11-9-14(2)10-12-22)20-13-15-5-7-16(8-6-15)21-18(23)24-3/h5-8,14H,4,9-13H2,1-3H3,(H,19,20)(H,21,23). The molecule has 1 aliphatic rings. The first kappa shape index (κ1) is 18.1. The van der Waals surface area contributed by atoms with Gasteiger partial charge in [-0.3, -0.25) is 5.32 Å². The minimum Gasteiger partial charge on any atom is -0.453 e. The number of hydrogen-bond donors (Lipinski definition) is 2. The number of carbonyl (C=O) groups is 1. The summed E-state index contributed by atoms with van der Waals surface area (Å²) in [5, 5.41) is 6.03. The average molecular weight is 332 g/mol. The maximum atomic E-state index is 11.2. The summed E-state index contributed by atoms with van der Waals surface area (Å²) in [6, 6.07) is 7.65. The van der Waals surface area contributed by atoms with Crippen molar-refractivity contribution in [2.75, 3.05) is 32.1 Å². The summed E-state index contributed by atoms with van der Waals surface area (Å²) >= 11 is 0. The van der Waals surface area contributed by atoms with E-state index < -0.39 is 6.09 Å². The second kappa shape index (κ2) is 9.15. The molecular formula is C18H28N4O2. The molecule has 132 valence electrons. The van der Waals surface area contributed by atoms with E-state index in [9.17, 15) is 4.79 Å². The van der Waals surface area contributed by atoms with E-state index in [1.807, 2.05) is 24.3 Å². The number of piperidine rings is 1. The molecule has 0 bridgehead atoms. The van der Waals surface area contributed by atoms with Crippen LogP contribution in [0.5, 0.6) is 0 Å². The molecule has 24 heavy (non-hydrogen) atoms. The van der Waals surface area contributed by atoms with E-state index in [-0.39, 0.29) is 0 Å². The summed E-state index contributed by atoms with van der Waals surface area (Å²) in [4.78, 5) is 18.3. The van der Waals surface area contributed by atoms with Gasteiger partial charge in [-0.05, 0) is 43.4 Å². The Morgan fingerprint density at radius 3 is 2.54 bits per heavy atom. The van der Waals surface area contributed by atoms with Crippen molar-refractivity contribution in [1.82, 2.24) is 10.2 Å². The molecule has 1 heterocycles. The first-order chi connectivity index (χ1) is 11.6. The van der Waals surface area contributed by atoms with Gasteiger partial charge in [0.25, 0.3) is 0 Å². The Balaban J connectivity index is 1.96. The summed E-state index contributed by atoms with van der Waals surface area (Å²) in [6.45, 7) is 8.02. The SMILES string of the molecule is CCNC(=NCc1ccc(NC(=O)OC)cc1)N1CCC(C)CC1. The molecule has 0 radical (unpaired) electrons. The Bertz CT molecular complexity index is 549. The van der Waals surface area contributed by atoms with Crippen molar-refractivity contribution < 1.29 is 9.53 Å². The quantitative estimate of drug-likeness (QED) is 0.657. The predicted molar refractivity (Wildman–Crippen MR) is 97.3 cm³/mol. The van der Waals surface area contributed by atoms with Crippen molar-refractivity contribution in [2.45, 2.75) is 33.2 Å². The summed E-state index contributed by atoms with van der Waals surface area (Å²) in [6.07, 6.45) is 1.98. The van der Waals surface area contributed by atoms with Crippen LogP contribution in [-0.4, -0.2) is 43.7 Å². The third-order valence-electron chi connectivity index (χ3n) is 4.22. The Hall–Kier alpha value is -2.24. The fraction of sp³-hybridized carbons (Fsp3) is 0.556. The lowest BCUT2D eigenvalue weighted by atomic mass is 10.00. The lowest BCUT2D eigenvalue weighted by Crippen LogP contribution is -2.45. The fourth-order valence-corrected chi connectivity index (χ4v) is 2.67. The summed E-state index contributed by atoms with van der Waals surface area (Å²) in [7, 11) is 1.35.